The highest BCUT2D eigenvalue weighted by Crippen LogP contribution is 2.31. The molecule has 7 heteroatoms. The quantitative estimate of drug-likeness (QED) is 0.470. The third-order valence-corrected chi connectivity index (χ3v) is 5.64. The lowest BCUT2D eigenvalue weighted by Gasteiger charge is -2.26. The molecule has 1 aliphatic heterocycles. The molecule has 4 aromatic rings. The van der Waals surface area contributed by atoms with Gasteiger partial charge in [-0.25, -0.2) is 0 Å². The molecule has 1 atom stereocenters. The van der Waals surface area contributed by atoms with E-state index in [2.05, 4.69) is 10.4 Å². The summed E-state index contributed by atoms with van der Waals surface area (Å²) < 4.78 is 19.0. The predicted molar refractivity (Wildman–Crippen MR) is 125 cm³/mol. The van der Waals surface area contributed by atoms with Crippen LogP contribution in [-0.4, -0.2) is 42.1 Å². The Bertz CT molecular complexity index is 1280. The third kappa shape index (κ3) is 4.62. The lowest BCUT2D eigenvalue weighted by atomic mass is 10.1. The van der Waals surface area contributed by atoms with Crippen LogP contribution in [0.15, 0.2) is 72.9 Å². The molecule has 0 saturated heterocycles. The van der Waals surface area contributed by atoms with Crippen LogP contribution in [0.2, 0.25) is 0 Å². The van der Waals surface area contributed by atoms with E-state index in [1.54, 1.807) is 13.2 Å². The Kier molecular flexibility index (Phi) is 5.85. The van der Waals surface area contributed by atoms with Crippen molar-refractivity contribution in [2.24, 2.45) is 0 Å². The van der Waals surface area contributed by atoms with Gasteiger partial charge in [-0.15, -0.1) is 0 Å². The lowest BCUT2D eigenvalue weighted by molar-refractivity contribution is 0.0760. The molecule has 0 bridgehead atoms. The number of hydrogen-bond donors (Lipinski definition) is 1. The number of rotatable bonds is 7. The Morgan fingerprint density at radius 3 is 2.82 bits per heavy atom. The number of carbonyl (C=O) groups excluding carboxylic acids is 1. The van der Waals surface area contributed by atoms with Gasteiger partial charge in [0.25, 0.3) is 5.91 Å². The van der Waals surface area contributed by atoms with E-state index >= 15 is 0 Å². The van der Waals surface area contributed by atoms with Crippen molar-refractivity contribution in [2.75, 3.05) is 20.3 Å². The summed E-state index contributed by atoms with van der Waals surface area (Å²) in [6.07, 6.45) is 2.50. The molecule has 0 saturated carbocycles. The van der Waals surface area contributed by atoms with Gasteiger partial charge in [0.15, 0.2) is 17.6 Å². The topological polar surface area (TPSA) is 74.6 Å². The average Bonchev–Trinajstić information content (AvgIpc) is 3.25. The van der Waals surface area contributed by atoms with Crippen molar-refractivity contribution in [1.29, 1.82) is 0 Å². The van der Waals surface area contributed by atoms with Gasteiger partial charge in [0.05, 0.1) is 19.2 Å². The Morgan fingerprint density at radius 2 is 1.94 bits per heavy atom. The van der Waals surface area contributed by atoms with E-state index in [4.69, 9.17) is 14.2 Å². The first-order valence-corrected chi connectivity index (χ1v) is 11.0. The number of nitrogens with one attached hydrogen (secondary N) is 1. The van der Waals surface area contributed by atoms with E-state index < -0.39 is 0 Å². The first-order valence-electron chi connectivity index (χ1n) is 11.0. The Balaban J connectivity index is 1.21. The van der Waals surface area contributed by atoms with E-state index in [0.717, 1.165) is 33.7 Å². The van der Waals surface area contributed by atoms with Gasteiger partial charge in [0, 0.05) is 23.7 Å². The number of benzene rings is 3. The summed E-state index contributed by atoms with van der Waals surface area (Å²) in [5, 5.41) is 8.51. The number of para-hydroxylation sites is 3. The van der Waals surface area contributed by atoms with Gasteiger partial charge < -0.3 is 19.5 Å². The van der Waals surface area contributed by atoms with Crippen LogP contribution in [0, 0.1) is 0 Å². The van der Waals surface area contributed by atoms with Crippen LogP contribution >= 0.6 is 0 Å². The number of aromatic nitrogens is 2. The molecule has 1 aromatic heterocycles. The first kappa shape index (κ1) is 20.9. The maximum atomic E-state index is 12.7. The molecule has 1 aliphatic rings. The lowest BCUT2D eigenvalue weighted by Crippen LogP contribution is -2.33. The molecule has 33 heavy (non-hydrogen) atoms. The number of amides is 1. The van der Waals surface area contributed by atoms with E-state index in [1.165, 1.54) is 0 Å². The van der Waals surface area contributed by atoms with Gasteiger partial charge in [-0.3, -0.25) is 9.48 Å². The molecule has 1 unspecified atom stereocenters. The molecule has 2 heterocycles. The number of methoxy groups -OCH3 is 1. The SMILES string of the molecule is COc1ccccc1CCNC(=O)c1ccc2nn(CC3COc4ccccc4O3)cc2c1. The van der Waals surface area contributed by atoms with Crippen LogP contribution in [-0.2, 0) is 13.0 Å². The van der Waals surface area contributed by atoms with Crippen molar-refractivity contribution in [1.82, 2.24) is 15.1 Å². The molecule has 1 amide bonds. The normalized spacial score (nSPS) is 14.8. The zero-order valence-electron chi connectivity index (χ0n) is 18.4. The van der Waals surface area contributed by atoms with Crippen molar-refractivity contribution < 1.29 is 19.0 Å². The average molecular weight is 444 g/mol. The minimum Gasteiger partial charge on any atom is -0.496 e. The standard InChI is InChI=1S/C26H25N3O4/c1-31-23-7-3-2-6-18(23)12-13-27-26(30)19-10-11-22-20(14-19)15-29(28-22)16-21-17-32-24-8-4-5-9-25(24)33-21/h2-11,14-15,21H,12-13,16-17H2,1H3,(H,27,30). The molecule has 0 aliphatic carbocycles. The van der Waals surface area contributed by atoms with E-state index in [9.17, 15) is 4.79 Å². The summed E-state index contributed by atoms with van der Waals surface area (Å²) in [6.45, 7) is 1.55. The molecular formula is C26H25N3O4. The van der Waals surface area contributed by atoms with Crippen LogP contribution in [0.1, 0.15) is 15.9 Å². The first-order chi connectivity index (χ1) is 16.2. The van der Waals surface area contributed by atoms with E-state index in [1.807, 2.05) is 71.5 Å². The summed E-state index contributed by atoms with van der Waals surface area (Å²) in [6, 6.07) is 21.0. The molecule has 0 radical (unpaired) electrons. The second-order valence-electron chi connectivity index (χ2n) is 7.94. The third-order valence-electron chi connectivity index (χ3n) is 5.64. The van der Waals surface area contributed by atoms with Crippen molar-refractivity contribution >= 4 is 16.8 Å². The smallest absolute Gasteiger partial charge is 0.251 e. The van der Waals surface area contributed by atoms with E-state index in [0.29, 0.717) is 31.7 Å². The van der Waals surface area contributed by atoms with Crippen LogP contribution < -0.4 is 19.5 Å². The van der Waals surface area contributed by atoms with Gasteiger partial charge in [-0.1, -0.05) is 30.3 Å². The zero-order chi connectivity index (χ0) is 22.6. The fourth-order valence-electron chi connectivity index (χ4n) is 4.00. The van der Waals surface area contributed by atoms with Gasteiger partial charge >= 0.3 is 0 Å². The molecule has 0 fully saturated rings. The monoisotopic (exact) mass is 443 g/mol. The number of fused-ring (bicyclic) bond motifs is 2. The highest BCUT2D eigenvalue weighted by Gasteiger charge is 2.21. The maximum Gasteiger partial charge on any atom is 0.251 e. The minimum absolute atomic E-state index is 0.111. The van der Waals surface area contributed by atoms with Gasteiger partial charge in [0.1, 0.15) is 12.4 Å². The van der Waals surface area contributed by atoms with Crippen LogP contribution in [0.5, 0.6) is 17.2 Å². The molecule has 5 rings (SSSR count). The minimum atomic E-state index is -0.132. The number of carbonyl (C=O) groups is 1. The number of ether oxygens (including phenoxy) is 3. The zero-order valence-corrected chi connectivity index (χ0v) is 18.4. The summed E-state index contributed by atoms with van der Waals surface area (Å²) in [4.78, 5) is 12.7. The molecule has 7 nitrogen and oxygen atoms in total. The molecule has 1 N–H and O–H groups in total. The summed E-state index contributed by atoms with van der Waals surface area (Å²) >= 11 is 0. The van der Waals surface area contributed by atoms with Crippen LogP contribution in [0.4, 0.5) is 0 Å². The van der Waals surface area contributed by atoms with Gasteiger partial charge in [-0.05, 0) is 48.4 Å². The van der Waals surface area contributed by atoms with Gasteiger partial charge in [0.2, 0.25) is 0 Å². The fourth-order valence-corrected chi connectivity index (χ4v) is 4.00. The van der Waals surface area contributed by atoms with E-state index in [-0.39, 0.29) is 12.0 Å². The largest absolute Gasteiger partial charge is 0.496 e. The second-order valence-corrected chi connectivity index (χ2v) is 7.94. The predicted octanol–water partition coefficient (Wildman–Crippen LogP) is 3.86. The van der Waals surface area contributed by atoms with Crippen molar-refractivity contribution in [2.45, 2.75) is 19.1 Å². The van der Waals surface area contributed by atoms with Crippen LogP contribution in [0.25, 0.3) is 10.9 Å². The second kappa shape index (κ2) is 9.24. The van der Waals surface area contributed by atoms with Crippen LogP contribution in [0.3, 0.4) is 0 Å². The maximum absolute atomic E-state index is 12.7. The Hall–Kier alpha value is -4.00. The Labute approximate surface area is 191 Å². The number of nitrogens with zero attached hydrogens (tertiary/aromatic N) is 2. The molecule has 168 valence electrons. The summed E-state index contributed by atoms with van der Waals surface area (Å²) in [7, 11) is 1.65. The van der Waals surface area contributed by atoms with Crippen molar-refractivity contribution in [3.63, 3.8) is 0 Å². The summed E-state index contributed by atoms with van der Waals surface area (Å²) in [5.41, 5.74) is 2.50. The van der Waals surface area contributed by atoms with Gasteiger partial charge in [-0.2, -0.15) is 5.10 Å². The highest BCUT2D eigenvalue weighted by molar-refractivity contribution is 5.97. The number of hydrogen-bond acceptors (Lipinski definition) is 5. The molecular weight excluding hydrogens is 418 g/mol. The Morgan fingerprint density at radius 1 is 1.12 bits per heavy atom. The van der Waals surface area contributed by atoms with Crippen molar-refractivity contribution in [3.05, 3.63) is 84.1 Å². The summed E-state index contributed by atoms with van der Waals surface area (Å²) in [5.74, 6) is 2.23. The fraction of sp³-hybridized carbons (Fsp3) is 0.231. The van der Waals surface area contributed by atoms with Crippen molar-refractivity contribution in [3.8, 4) is 17.2 Å². The molecule has 3 aromatic carbocycles. The molecule has 0 spiro atoms. The highest BCUT2D eigenvalue weighted by atomic mass is 16.6.